The smallest absolute Gasteiger partial charge is 0.547 e. The molecule has 0 aliphatic carbocycles. The molecule has 0 bridgehead atoms. The summed E-state index contributed by atoms with van der Waals surface area (Å²) in [4.78, 5) is 20.0. The molecule has 0 rings (SSSR count). The van der Waals surface area contributed by atoms with Crippen molar-refractivity contribution in [2.24, 2.45) is 0 Å². The van der Waals surface area contributed by atoms with Gasteiger partial charge in [0.1, 0.15) is 48.8 Å². The van der Waals surface area contributed by atoms with Gasteiger partial charge in [0.2, 0.25) is 0 Å². The summed E-state index contributed by atoms with van der Waals surface area (Å²) >= 11 is 0. The number of aliphatic hydroxyl groups excluding tert-OH is 10. The number of aliphatic carboxylic acids is 2. The predicted octanol–water partition coefficient (Wildman–Crippen LogP) is -15.6. The molecule has 0 heterocycles. The summed E-state index contributed by atoms with van der Waals surface area (Å²) in [5.41, 5.74) is 0. The Morgan fingerprint density at radius 2 is 0.786 bits per heavy atom. The van der Waals surface area contributed by atoms with Gasteiger partial charge in [0.25, 0.3) is 0 Å². The largest absolute Gasteiger partial charge is 1.00 e. The summed E-state index contributed by atoms with van der Waals surface area (Å²) in [7, 11) is 0. The molecule has 0 spiro atoms. The number of hydrogen-bond donors (Lipinski definition) is 10. The molecule has 0 fully saturated rings. The summed E-state index contributed by atoms with van der Waals surface area (Å²) in [6.07, 6.45) is -16.2. The molecule has 0 radical (unpaired) electrons. The Kier molecular flexibility index (Phi) is 23.5. The van der Waals surface area contributed by atoms with Crippen LogP contribution in [0.3, 0.4) is 0 Å². The zero-order valence-corrected chi connectivity index (χ0v) is 19.1. The molecule has 0 saturated heterocycles. The molecule has 0 aromatic rings. The van der Waals surface area contributed by atoms with Crippen molar-refractivity contribution in [1.29, 1.82) is 0 Å². The van der Waals surface area contributed by atoms with Gasteiger partial charge in [-0.2, -0.15) is 0 Å². The fraction of sp³-hybridized carbons (Fsp3) is 0.833. The van der Waals surface area contributed by atoms with Crippen molar-refractivity contribution in [2.45, 2.75) is 48.8 Å². The molecule has 28 heavy (non-hydrogen) atoms. The van der Waals surface area contributed by atoms with E-state index in [0.717, 1.165) is 0 Å². The van der Waals surface area contributed by atoms with Crippen LogP contribution in [0.15, 0.2) is 0 Å². The number of aliphatic hydroxyl groups is 10. The van der Waals surface area contributed by atoms with Crippen molar-refractivity contribution >= 4 is 11.9 Å². The number of carboxylic acids is 2. The Morgan fingerprint density at radius 1 is 0.571 bits per heavy atom. The van der Waals surface area contributed by atoms with Gasteiger partial charge in [0, 0.05) is 0 Å². The average Bonchev–Trinajstić information content (AvgIpc) is 2.62. The molecule has 14 nitrogen and oxygen atoms in total. The Bertz CT molecular complexity index is 389. The average molecular weight is 436 g/mol. The molecule has 156 valence electrons. The van der Waals surface area contributed by atoms with Gasteiger partial charge in [-0.05, 0) is 0 Å². The van der Waals surface area contributed by atoms with E-state index in [1.807, 2.05) is 0 Å². The third-order valence-corrected chi connectivity index (χ3v) is 2.99. The SMILES string of the molecule is O=C([O-])[C@H](O)[C@@H](O)[C@@H](O)[C@H](O)CO.O=C([O-])[C@H](O)[C@@H](O)[C@@H](O)[C@H](O)CO.[Na+].[Na+]. The van der Waals surface area contributed by atoms with Crippen LogP contribution in [-0.4, -0.2) is 125 Å². The van der Waals surface area contributed by atoms with E-state index in [4.69, 9.17) is 51.1 Å². The van der Waals surface area contributed by atoms with Crippen molar-refractivity contribution in [3.8, 4) is 0 Å². The summed E-state index contributed by atoms with van der Waals surface area (Å²) in [5.74, 6) is -3.95. The minimum atomic E-state index is -2.31. The van der Waals surface area contributed by atoms with Crippen LogP contribution in [0.2, 0.25) is 0 Å². The number of carbonyl (C=O) groups excluding carboxylic acids is 2. The Balaban J connectivity index is -0.000000192. The minimum absolute atomic E-state index is 0. The van der Waals surface area contributed by atoms with E-state index in [0.29, 0.717) is 0 Å². The first-order valence-electron chi connectivity index (χ1n) is 6.91. The van der Waals surface area contributed by atoms with E-state index in [1.54, 1.807) is 0 Å². The monoisotopic (exact) mass is 436 g/mol. The van der Waals surface area contributed by atoms with Crippen molar-refractivity contribution in [3.63, 3.8) is 0 Å². The Morgan fingerprint density at radius 3 is 0.929 bits per heavy atom. The van der Waals surface area contributed by atoms with Crippen LogP contribution in [0, 0.1) is 0 Å². The van der Waals surface area contributed by atoms with E-state index in [1.165, 1.54) is 0 Å². The zero-order valence-electron chi connectivity index (χ0n) is 15.1. The predicted molar refractivity (Wildman–Crippen MR) is 72.2 cm³/mol. The van der Waals surface area contributed by atoms with Crippen LogP contribution in [0.25, 0.3) is 0 Å². The molecular weight excluding hydrogens is 414 g/mol. The third kappa shape index (κ3) is 13.0. The standard InChI is InChI=1S/2C6H12O7.2Na/c2*7-1-2(8)3(9)4(10)5(11)6(12)13;;/h2*2-5,7-11H,1H2,(H,12,13);;/q;;2*+1/p-2/t2*2-,3+,4+,5-;;/m11../s1. The number of rotatable bonds is 10. The molecule has 10 N–H and O–H groups in total. The maximum atomic E-state index is 9.98. The summed E-state index contributed by atoms with van der Waals surface area (Å²) in [6, 6.07) is 0. The first kappa shape index (κ1) is 35.9. The molecule has 0 unspecified atom stereocenters. The maximum Gasteiger partial charge on any atom is 1.00 e. The van der Waals surface area contributed by atoms with Crippen LogP contribution in [-0.2, 0) is 9.59 Å². The topological polar surface area (TPSA) is 283 Å². The van der Waals surface area contributed by atoms with Crippen LogP contribution in [0.4, 0.5) is 0 Å². The molecule has 0 aliphatic heterocycles. The summed E-state index contributed by atoms with van der Waals surface area (Å²) in [6.45, 7) is -1.73. The van der Waals surface area contributed by atoms with Crippen molar-refractivity contribution < 1.29 is 130 Å². The molecule has 0 aliphatic rings. The van der Waals surface area contributed by atoms with E-state index < -0.39 is 74.0 Å². The maximum absolute atomic E-state index is 9.98. The molecule has 0 aromatic carbocycles. The Labute approximate surface area is 202 Å². The molecule has 8 atom stereocenters. The van der Waals surface area contributed by atoms with Gasteiger partial charge in [-0.1, -0.05) is 0 Å². The number of carbonyl (C=O) groups is 2. The van der Waals surface area contributed by atoms with Crippen LogP contribution in [0.5, 0.6) is 0 Å². The fourth-order valence-electron chi connectivity index (χ4n) is 1.32. The molecule has 0 saturated carbocycles. The molecular formula is C12H22Na2O14. The third-order valence-electron chi connectivity index (χ3n) is 2.99. The van der Waals surface area contributed by atoms with E-state index in [2.05, 4.69) is 0 Å². The molecule has 16 heteroatoms. The first-order valence-corrected chi connectivity index (χ1v) is 6.91. The van der Waals surface area contributed by atoms with Gasteiger partial charge in [-0.3, -0.25) is 0 Å². The second-order valence-electron chi connectivity index (χ2n) is 4.99. The normalized spacial score (nSPS) is 18.9. The minimum Gasteiger partial charge on any atom is -0.547 e. The van der Waals surface area contributed by atoms with Crippen LogP contribution < -0.4 is 69.3 Å². The van der Waals surface area contributed by atoms with Crippen LogP contribution in [0.1, 0.15) is 0 Å². The first-order chi connectivity index (χ1) is 11.8. The van der Waals surface area contributed by atoms with Crippen molar-refractivity contribution in [2.75, 3.05) is 13.2 Å². The Hall–Kier alpha value is 0.540. The number of hydrogen-bond acceptors (Lipinski definition) is 14. The molecule has 0 amide bonds. The van der Waals surface area contributed by atoms with Gasteiger partial charge >= 0.3 is 59.1 Å². The van der Waals surface area contributed by atoms with Gasteiger partial charge < -0.3 is 70.9 Å². The van der Waals surface area contributed by atoms with E-state index >= 15 is 0 Å². The fourth-order valence-corrected chi connectivity index (χ4v) is 1.32. The summed E-state index contributed by atoms with van der Waals surface area (Å²) in [5, 5.41) is 107. The second kappa shape index (κ2) is 18.3. The van der Waals surface area contributed by atoms with Crippen molar-refractivity contribution in [3.05, 3.63) is 0 Å². The summed E-state index contributed by atoms with van der Waals surface area (Å²) < 4.78 is 0. The zero-order chi connectivity index (χ0) is 21.2. The van der Waals surface area contributed by atoms with Crippen LogP contribution >= 0.6 is 0 Å². The van der Waals surface area contributed by atoms with Gasteiger partial charge in [0.05, 0.1) is 25.2 Å². The second-order valence-corrected chi connectivity index (χ2v) is 4.99. The van der Waals surface area contributed by atoms with E-state index in [-0.39, 0.29) is 59.1 Å². The van der Waals surface area contributed by atoms with E-state index in [9.17, 15) is 19.8 Å². The molecule has 0 aromatic heterocycles. The van der Waals surface area contributed by atoms with Gasteiger partial charge in [0.15, 0.2) is 0 Å². The van der Waals surface area contributed by atoms with Crippen molar-refractivity contribution in [1.82, 2.24) is 0 Å². The number of carboxylic acid groups (broad SMARTS) is 2. The van der Waals surface area contributed by atoms with Gasteiger partial charge in [-0.25, -0.2) is 0 Å². The van der Waals surface area contributed by atoms with Gasteiger partial charge in [-0.15, -0.1) is 0 Å². The quantitative estimate of drug-likeness (QED) is 0.142.